The first kappa shape index (κ1) is 31.9. The van der Waals surface area contributed by atoms with E-state index in [0.717, 1.165) is 36.1 Å². The molecule has 4 atom stereocenters. The van der Waals surface area contributed by atoms with Crippen LogP contribution >= 0.6 is 0 Å². The van der Waals surface area contributed by atoms with E-state index in [1.807, 2.05) is 23.9 Å². The summed E-state index contributed by atoms with van der Waals surface area (Å²) in [6, 6.07) is 5.33. The summed E-state index contributed by atoms with van der Waals surface area (Å²) in [4.78, 5) is 33.0. The van der Waals surface area contributed by atoms with Gasteiger partial charge in [-0.25, -0.2) is 8.78 Å². The first-order valence-electron chi connectivity index (χ1n) is 14.3. The summed E-state index contributed by atoms with van der Waals surface area (Å²) >= 11 is 0. The standard InChI is InChI=1S/C31H38F5N3O3/c1-19-21(8-6-9-25(19)33)28-23(29(41)22-16-20(32)11-12-26(22)40)17-38(14-5-4-13-37(2)3)18-24(28)30(42)39-15-7-10-27(39)31(34,35)36/h6,8-9,11-12,16,23-24,27-28,40H,4-5,7,10,13-15,17-18H2,1-3H3/t23-,24+,27-,28+/m0/s1. The number of rotatable bonds is 9. The number of amides is 1. The summed E-state index contributed by atoms with van der Waals surface area (Å²) in [6.45, 7) is 2.93. The second-order valence-electron chi connectivity index (χ2n) is 11.7. The van der Waals surface area contributed by atoms with Gasteiger partial charge in [0.1, 0.15) is 23.4 Å². The Labute approximate surface area is 243 Å². The quantitative estimate of drug-likeness (QED) is 0.239. The highest BCUT2D eigenvalue weighted by atomic mass is 19.4. The van der Waals surface area contributed by atoms with E-state index in [1.165, 1.54) is 19.1 Å². The van der Waals surface area contributed by atoms with Gasteiger partial charge in [-0.15, -0.1) is 0 Å². The number of hydrogen-bond acceptors (Lipinski definition) is 5. The highest BCUT2D eigenvalue weighted by molar-refractivity contribution is 6.01. The molecular formula is C31H38F5N3O3. The minimum atomic E-state index is -4.61. The van der Waals surface area contributed by atoms with E-state index in [2.05, 4.69) is 0 Å². The third-order valence-corrected chi connectivity index (χ3v) is 8.57. The molecule has 2 fully saturated rings. The monoisotopic (exact) mass is 595 g/mol. The molecule has 1 amide bonds. The van der Waals surface area contributed by atoms with Gasteiger partial charge in [0.05, 0.1) is 11.5 Å². The van der Waals surface area contributed by atoms with Crippen molar-refractivity contribution in [2.45, 2.75) is 50.7 Å². The smallest absolute Gasteiger partial charge is 0.408 e. The van der Waals surface area contributed by atoms with Crippen molar-refractivity contribution in [3.05, 3.63) is 64.7 Å². The topological polar surface area (TPSA) is 64.1 Å². The molecule has 2 aromatic rings. The van der Waals surface area contributed by atoms with Crippen LogP contribution in [-0.2, 0) is 4.79 Å². The number of piperidine rings is 1. The lowest BCUT2D eigenvalue weighted by atomic mass is 9.69. The lowest BCUT2D eigenvalue weighted by molar-refractivity contribution is -0.185. The molecule has 0 bridgehead atoms. The number of phenolic OH excluding ortho intramolecular Hbond substituents is 1. The fourth-order valence-electron chi connectivity index (χ4n) is 6.47. The maximum absolute atomic E-state index is 14.9. The Morgan fingerprint density at radius 1 is 1.05 bits per heavy atom. The minimum Gasteiger partial charge on any atom is -0.507 e. The summed E-state index contributed by atoms with van der Waals surface area (Å²) in [5.74, 6) is -6.28. The number of Topliss-reactive ketones (excluding diaryl/α,β-unsaturated/α-hetero) is 1. The predicted octanol–water partition coefficient (Wildman–Crippen LogP) is 5.39. The first-order chi connectivity index (χ1) is 19.8. The number of unbranched alkanes of at least 4 members (excludes halogenated alkanes) is 1. The Hall–Kier alpha value is -3.05. The molecule has 6 nitrogen and oxygen atoms in total. The predicted molar refractivity (Wildman–Crippen MR) is 148 cm³/mol. The van der Waals surface area contributed by atoms with E-state index < -0.39 is 59.0 Å². The number of halogens is 5. The van der Waals surface area contributed by atoms with Crippen molar-refractivity contribution in [3.8, 4) is 5.75 Å². The van der Waals surface area contributed by atoms with Crippen molar-refractivity contribution in [2.75, 3.05) is 46.8 Å². The van der Waals surface area contributed by atoms with Crippen molar-refractivity contribution in [1.82, 2.24) is 14.7 Å². The number of benzene rings is 2. The van der Waals surface area contributed by atoms with Crippen LogP contribution in [0.25, 0.3) is 0 Å². The maximum atomic E-state index is 14.9. The largest absolute Gasteiger partial charge is 0.507 e. The van der Waals surface area contributed by atoms with Gasteiger partial charge in [0.2, 0.25) is 5.91 Å². The van der Waals surface area contributed by atoms with Gasteiger partial charge in [-0.3, -0.25) is 9.59 Å². The molecule has 0 radical (unpaired) electrons. The van der Waals surface area contributed by atoms with Crippen LogP contribution in [0.4, 0.5) is 22.0 Å². The molecule has 42 heavy (non-hydrogen) atoms. The van der Waals surface area contributed by atoms with Crippen LogP contribution in [0.1, 0.15) is 53.1 Å². The zero-order chi connectivity index (χ0) is 30.8. The summed E-state index contributed by atoms with van der Waals surface area (Å²) in [5, 5.41) is 10.5. The molecule has 2 aromatic carbocycles. The zero-order valence-corrected chi connectivity index (χ0v) is 24.1. The van der Waals surface area contributed by atoms with E-state index in [1.54, 1.807) is 6.07 Å². The van der Waals surface area contributed by atoms with Gasteiger partial charge in [0, 0.05) is 31.5 Å². The number of alkyl halides is 3. The molecule has 0 saturated carbocycles. The van der Waals surface area contributed by atoms with Crippen LogP contribution in [0, 0.1) is 30.4 Å². The Morgan fingerprint density at radius 3 is 2.45 bits per heavy atom. The second kappa shape index (κ2) is 13.1. The Kier molecular flexibility index (Phi) is 9.92. The molecule has 2 aliphatic heterocycles. The SMILES string of the molecule is Cc1c(F)cccc1[C@@H]1[C@@H](C(=O)c2cc(F)ccc2O)CN(CCCCN(C)C)C[C@H]1C(=O)N1CCC[C@H]1C(F)(F)F. The number of hydrogen-bond donors (Lipinski definition) is 1. The molecule has 11 heteroatoms. The molecule has 0 aliphatic carbocycles. The number of aromatic hydroxyl groups is 1. The zero-order valence-electron chi connectivity index (χ0n) is 24.1. The molecule has 0 spiro atoms. The molecule has 0 unspecified atom stereocenters. The van der Waals surface area contributed by atoms with E-state index in [9.17, 15) is 36.6 Å². The Balaban J connectivity index is 1.80. The van der Waals surface area contributed by atoms with Gasteiger partial charge in [-0.2, -0.15) is 13.2 Å². The van der Waals surface area contributed by atoms with E-state index >= 15 is 0 Å². The van der Waals surface area contributed by atoms with E-state index in [-0.39, 0.29) is 43.6 Å². The third-order valence-electron chi connectivity index (χ3n) is 8.57. The number of nitrogens with zero attached hydrogens (tertiary/aromatic N) is 3. The van der Waals surface area contributed by atoms with Crippen LogP contribution in [0.2, 0.25) is 0 Å². The van der Waals surface area contributed by atoms with Crippen LogP contribution in [0.5, 0.6) is 5.75 Å². The number of ketones is 1. The molecule has 0 aromatic heterocycles. The molecular weight excluding hydrogens is 557 g/mol. The van der Waals surface area contributed by atoms with Crippen molar-refractivity contribution in [1.29, 1.82) is 0 Å². The molecule has 2 aliphatic rings. The van der Waals surface area contributed by atoms with Crippen LogP contribution in [0.3, 0.4) is 0 Å². The van der Waals surface area contributed by atoms with Crippen molar-refractivity contribution in [2.24, 2.45) is 11.8 Å². The van der Waals surface area contributed by atoms with Crippen LogP contribution in [-0.4, -0.2) is 90.5 Å². The van der Waals surface area contributed by atoms with Crippen molar-refractivity contribution >= 4 is 11.7 Å². The number of likely N-dealkylation sites (tertiary alicyclic amines) is 2. The number of carbonyl (C=O) groups is 2. The van der Waals surface area contributed by atoms with Gasteiger partial charge in [0.15, 0.2) is 5.78 Å². The number of carbonyl (C=O) groups excluding carboxylic acids is 2. The average molecular weight is 596 g/mol. The van der Waals surface area contributed by atoms with E-state index in [0.29, 0.717) is 18.5 Å². The molecule has 230 valence electrons. The number of phenols is 1. The Bertz CT molecular complexity index is 1280. The maximum Gasteiger partial charge on any atom is 0.408 e. The minimum absolute atomic E-state index is 0.0690. The summed E-state index contributed by atoms with van der Waals surface area (Å²) < 4.78 is 71.0. The van der Waals surface area contributed by atoms with Gasteiger partial charge in [-0.05, 0) is 95.2 Å². The summed E-state index contributed by atoms with van der Waals surface area (Å²) in [7, 11) is 3.88. The Morgan fingerprint density at radius 2 is 1.76 bits per heavy atom. The summed E-state index contributed by atoms with van der Waals surface area (Å²) in [6.07, 6.45) is -3.09. The second-order valence-corrected chi connectivity index (χ2v) is 11.7. The van der Waals surface area contributed by atoms with Gasteiger partial charge in [0.25, 0.3) is 0 Å². The lowest BCUT2D eigenvalue weighted by Gasteiger charge is -2.45. The first-order valence-corrected chi connectivity index (χ1v) is 14.3. The average Bonchev–Trinajstić information content (AvgIpc) is 3.44. The highest BCUT2D eigenvalue weighted by Gasteiger charge is 2.52. The van der Waals surface area contributed by atoms with E-state index in [4.69, 9.17) is 0 Å². The van der Waals surface area contributed by atoms with Gasteiger partial charge in [-0.1, -0.05) is 12.1 Å². The molecule has 2 saturated heterocycles. The summed E-state index contributed by atoms with van der Waals surface area (Å²) in [5.41, 5.74) is 0.251. The highest BCUT2D eigenvalue weighted by Crippen LogP contribution is 2.44. The third kappa shape index (κ3) is 6.94. The molecule has 2 heterocycles. The fraction of sp³-hybridized carbons (Fsp3) is 0.548. The lowest BCUT2D eigenvalue weighted by Crippen LogP contribution is -2.55. The van der Waals surface area contributed by atoms with Crippen molar-refractivity contribution in [3.63, 3.8) is 0 Å². The van der Waals surface area contributed by atoms with Crippen LogP contribution in [0.15, 0.2) is 36.4 Å². The van der Waals surface area contributed by atoms with Crippen molar-refractivity contribution < 1.29 is 36.6 Å². The fourth-order valence-corrected chi connectivity index (χ4v) is 6.47. The normalized spacial score (nSPS) is 23.5. The molecule has 1 N–H and O–H groups in total. The van der Waals surface area contributed by atoms with Gasteiger partial charge < -0.3 is 19.8 Å². The molecule has 4 rings (SSSR count). The van der Waals surface area contributed by atoms with Gasteiger partial charge >= 0.3 is 6.18 Å². The van der Waals surface area contributed by atoms with Crippen LogP contribution < -0.4 is 0 Å².